The minimum absolute atomic E-state index is 0.0527. The molecule has 126 valence electrons. The Hall–Kier alpha value is -1.38. The first-order valence-electron chi connectivity index (χ1n) is 6.65. The lowest BCUT2D eigenvalue weighted by Gasteiger charge is -2.23. The maximum Gasteiger partial charge on any atom is 0.359 e. The van der Waals surface area contributed by atoms with Crippen molar-refractivity contribution in [1.82, 2.24) is 9.88 Å². The molecule has 0 aliphatic carbocycles. The Balaban J connectivity index is 1.93. The highest BCUT2D eigenvalue weighted by Crippen LogP contribution is 2.19. The Labute approximate surface area is 143 Å². The van der Waals surface area contributed by atoms with Gasteiger partial charge < -0.3 is 9.64 Å². The highest BCUT2D eigenvalue weighted by molar-refractivity contribution is 7.91. The first kappa shape index (κ1) is 18.0. The van der Waals surface area contributed by atoms with E-state index in [1.54, 1.807) is 0 Å². The van der Waals surface area contributed by atoms with Gasteiger partial charge in [0, 0.05) is 13.1 Å². The molecule has 0 saturated carbocycles. The van der Waals surface area contributed by atoms with Gasteiger partial charge in [0.25, 0.3) is 5.91 Å². The zero-order chi connectivity index (χ0) is 17.2. The summed E-state index contributed by atoms with van der Waals surface area (Å²) in [5.74, 6) is -1.40. The van der Waals surface area contributed by atoms with Crippen LogP contribution in [0.4, 0.5) is 0 Å². The summed E-state index contributed by atoms with van der Waals surface area (Å²) in [7, 11) is -1.62. The lowest BCUT2D eigenvalue weighted by molar-refractivity contribution is -0.134. The van der Waals surface area contributed by atoms with Crippen molar-refractivity contribution in [2.75, 3.05) is 25.2 Å². The van der Waals surface area contributed by atoms with Gasteiger partial charge in [-0.15, -0.1) is 0 Å². The summed E-state index contributed by atoms with van der Waals surface area (Å²) in [4.78, 5) is 28.9. The van der Waals surface area contributed by atoms with E-state index >= 15 is 0 Å². The number of rotatable bonds is 4. The number of halogens is 2. The summed E-state index contributed by atoms with van der Waals surface area (Å²) >= 11 is 11.5. The van der Waals surface area contributed by atoms with Gasteiger partial charge in [0.1, 0.15) is 5.15 Å². The Bertz CT molecular complexity index is 738. The van der Waals surface area contributed by atoms with E-state index in [1.165, 1.54) is 24.1 Å². The first-order chi connectivity index (χ1) is 10.7. The van der Waals surface area contributed by atoms with E-state index in [0.29, 0.717) is 6.42 Å². The molecule has 23 heavy (non-hydrogen) atoms. The van der Waals surface area contributed by atoms with Gasteiger partial charge in [-0.25, -0.2) is 18.2 Å². The van der Waals surface area contributed by atoms with E-state index in [0.717, 1.165) is 0 Å². The number of nitrogens with zero attached hydrogens (tertiary/aromatic N) is 2. The highest BCUT2D eigenvalue weighted by atomic mass is 35.5. The minimum atomic E-state index is -3.10. The number of likely N-dealkylation sites (N-methyl/N-ethyl adjacent to an activating group) is 1. The number of ether oxygens (including phenoxy) is 1. The topological polar surface area (TPSA) is 93.6 Å². The van der Waals surface area contributed by atoms with Crippen LogP contribution in [0, 0.1) is 0 Å². The molecule has 1 unspecified atom stereocenters. The van der Waals surface area contributed by atoms with Gasteiger partial charge in [-0.05, 0) is 18.6 Å². The van der Waals surface area contributed by atoms with Crippen LogP contribution in [0.15, 0.2) is 12.1 Å². The Kier molecular flexibility index (Phi) is 5.49. The molecule has 0 spiro atoms. The molecule has 0 aromatic carbocycles. The number of carbonyl (C=O) groups excluding carboxylic acids is 2. The maximum atomic E-state index is 12.0. The average molecular weight is 381 g/mol. The van der Waals surface area contributed by atoms with Crippen molar-refractivity contribution in [3.63, 3.8) is 0 Å². The molecule has 1 amide bonds. The number of esters is 1. The summed E-state index contributed by atoms with van der Waals surface area (Å²) in [5.41, 5.74) is -0.182. The second kappa shape index (κ2) is 7.02. The van der Waals surface area contributed by atoms with Crippen molar-refractivity contribution in [2.24, 2.45) is 0 Å². The molecule has 1 atom stereocenters. The standard InChI is InChI=1S/C13H14Cl2N2O5S/c1-17(8-4-5-23(20,21)7-8)11(18)6-22-13(19)12-9(14)2-3-10(15)16-12/h2-3,8H,4-7H2,1H3. The normalized spacial score (nSPS) is 19.3. The molecule has 10 heteroatoms. The van der Waals surface area contributed by atoms with Crippen LogP contribution in [0.3, 0.4) is 0 Å². The molecule has 1 aromatic rings. The average Bonchev–Trinajstić information content (AvgIpc) is 2.86. The van der Waals surface area contributed by atoms with Crippen LogP contribution in [0.2, 0.25) is 10.2 Å². The highest BCUT2D eigenvalue weighted by Gasteiger charge is 2.33. The van der Waals surface area contributed by atoms with E-state index < -0.39 is 34.4 Å². The number of pyridine rings is 1. The molecule has 1 fully saturated rings. The summed E-state index contributed by atoms with van der Waals surface area (Å²) in [6, 6.07) is 2.41. The second-order valence-corrected chi connectivity index (χ2v) is 8.13. The van der Waals surface area contributed by atoms with Crippen LogP contribution in [-0.2, 0) is 19.4 Å². The van der Waals surface area contributed by atoms with E-state index in [9.17, 15) is 18.0 Å². The van der Waals surface area contributed by atoms with Crippen molar-refractivity contribution >= 4 is 44.9 Å². The van der Waals surface area contributed by atoms with Crippen molar-refractivity contribution in [2.45, 2.75) is 12.5 Å². The van der Waals surface area contributed by atoms with Crippen molar-refractivity contribution < 1.29 is 22.7 Å². The van der Waals surface area contributed by atoms with Gasteiger partial charge in [0.15, 0.2) is 22.1 Å². The molecule has 1 aliphatic heterocycles. The summed E-state index contributed by atoms with van der Waals surface area (Å²) in [6.45, 7) is -0.531. The van der Waals surface area contributed by atoms with Gasteiger partial charge in [-0.2, -0.15) is 0 Å². The minimum Gasteiger partial charge on any atom is -0.451 e. The molecule has 1 aliphatic rings. The fourth-order valence-electron chi connectivity index (χ4n) is 2.14. The fourth-order valence-corrected chi connectivity index (χ4v) is 4.25. The first-order valence-corrected chi connectivity index (χ1v) is 9.22. The maximum absolute atomic E-state index is 12.0. The Morgan fingerprint density at radius 2 is 2.09 bits per heavy atom. The van der Waals surface area contributed by atoms with Crippen LogP contribution >= 0.6 is 23.2 Å². The number of sulfone groups is 1. The van der Waals surface area contributed by atoms with Gasteiger partial charge in [0.2, 0.25) is 0 Å². The van der Waals surface area contributed by atoms with E-state index in [4.69, 9.17) is 27.9 Å². The molecule has 1 saturated heterocycles. The quantitative estimate of drug-likeness (QED) is 0.575. The summed E-state index contributed by atoms with van der Waals surface area (Å²) < 4.78 is 27.7. The zero-order valence-electron chi connectivity index (χ0n) is 12.2. The summed E-state index contributed by atoms with van der Waals surface area (Å²) in [5, 5.41) is 0.128. The monoisotopic (exact) mass is 380 g/mol. The molecule has 7 nitrogen and oxygen atoms in total. The van der Waals surface area contributed by atoms with Crippen LogP contribution in [0.1, 0.15) is 16.9 Å². The third-order valence-electron chi connectivity index (χ3n) is 3.48. The van der Waals surface area contributed by atoms with Crippen molar-refractivity contribution in [3.05, 3.63) is 28.0 Å². The third kappa shape index (κ3) is 4.55. The number of hydrogen-bond donors (Lipinski definition) is 0. The Morgan fingerprint density at radius 1 is 1.39 bits per heavy atom. The molecular weight excluding hydrogens is 367 g/mol. The third-order valence-corrected chi connectivity index (χ3v) is 5.75. The number of carbonyl (C=O) groups is 2. The SMILES string of the molecule is CN(C(=O)COC(=O)c1nc(Cl)ccc1Cl)C1CCS(=O)(=O)C1. The van der Waals surface area contributed by atoms with Gasteiger partial charge in [-0.3, -0.25) is 4.79 Å². The lowest BCUT2D eigenvalue weighted by atomic mass is 10.2. The summed E-state index contributed by atoms with van der Waals surface area (Å²) in [6.07, 6.45) is 0.375. The predicted octanol–water partition coefficient (Wildman–Crippen LogP) is 1.19. The lowest BCUT2D eigenvalue weighted by Crippen LogP contribution is -2.40. The van der Waals surface area contributed by atoms with Crippen LogP contribution in [-0.4, -0.2) is 61.4 Å². The largest absolute Gasteiger partial charge is 0.451 e. The van der Waals surface area contributed by atoms with Crippen molar-refractivity contribution in [1.29, 1.82) is 0 Å². The van der Waals surface area contributed by atoms with E-state index in [-0.39, 0.29) is 27.4 Å². The van der Waals surface area contributed by atoms with E-state index in [2.05, 4.69) is 4.98 Å². The number of amides is 1. The number of hydrogen-bond acceptors (Lipinski definition) is 6. The molecule has 0 N–H and O–H groups in total. The van der Waals surface area contributed by atoms with Crippen molar-refractivity contribution in [3.8, 4) is 0 Å². The smallest absolute Gasteiger partial charge is 0.359 e. The molecule has 2 rings (SSSR count). The van der Waals surface area contributed by atoms with Gasteiger partial charge in [-0.1, -0.05) is 23.2 Å². The van der Waals surface area contributed by atoms with Crippen LogP contribution < -0.4 is 0 Å². The van der Waals surface area contributed by atoms with Gasteiger partial charge >= 0.3 is 5.97 Å². The predicted molar refractivity (Wildman–Crippen MR) is 84.4 cm³/mol. The van der Waals surface area contributed by atoms with Crippen LogP contribution in [0.25, 0.3) is 0 Å². The molecule has 0 radical (unpaired) electrons. The Morgan fingerprint density at radius 3 is 2.70 bits per heavy atom. The number of aromatic nitrogens is 1. The zero-order valence-corrected chi connectivity index (χ0v) is 14.5. The van der Waals surface area contributed by atoms with Gasteiger partial charge in [0.05, 0.1) is 16.5 Å². The fraction of sp³-hybridized carbons (Fsp3) is 0.462. The van der Waals surface area contributed by atoms with E-state index in [1.807, 2.05) is 0 Å². The molecule has 1 aromatic heterocycles. The molecule has 0 bridgehead atoms. The second-order valence-electron chi connectivity index (χ2n) is 5.10. The van der Waals surface area contributed by atoms with Crippen LogP contribution in [0.5, 0.6) is 0 Å². The molecular formula is C13H14Cl2N2O5S. The molecule has 2 heterocycles.